The van der Waals surface area contributed by atoms with Crippen LogP contribution in [-0.4, -0.2) is 39.0 Å². The van der Waals surface area contributed by atoms with Gasteiger partial charge in [-0.15, -0.1) is 0 Å². The maximum atomic E-state index is 11.4. The van der Waals surface area contributed by atoms with Crippen molar-refractivity contribution in [3.05, 3.63) is 0 Å². The highest BCUT2D eigenvalue weighted by atomic mass is 32.2. The second-order valence-electron chi connectivity index (χ2n) is 4.90. The first-order chi connectivity index (χ1) is 7.92. The van der Waals surface area contributed by atoms with Crippen molar-refractivity contribution in [1.29, 1.82) is 0 Å². The average Bonchev–Trinajstić information content (AvgIpc) is 2.26. The van der Waals surface area contributed by atoms with E-state index in [-0.39, 0.29) is 6.10 Å². The van der Waals surface area contributed by atoms with Crippen LogP contribution in [0.15, 0.2) is 0 Å². The Morgan fingerprint density at radius 3 is 2.41 bits per heavy atom. The van der Waals surface area contributed by atoms with Crippen molar-refractivity contribution in [3.63, 3.8) is 0 Å². The molecule has 0 aliphatic heterocycles. The molecular formula is C11H24N2O3S. The molecule has 1 rings (SSSR count). The zero-order valence-electron chi connectivity index (χ0n) is 10.7. The van der Waals surface area contributed by atoms with Gasteiger partial charge >= 0.3 is 0 Å². The van der Waals surface area contributed by atoms with E-state index >= 15 is 0 Å². The van der Waals surface area contributed by atoms with Gasteiger partial charge in [0.15, 0.2) is 0 Å². The van der Waals surface area contributed by atoms with Gasteiger partial charge in [-0.2, -0.15) is 0 Å². The average molecular weight is 264 g/mol. The van der Waals surface area contributed by atoms with E-state index in [0.717, 1.165) is 25.7 Å². The molecule has 0 saturated heterocycles. The number of nitrogens with two attached hydrogens (primary N) is 1. The van der Waals surface area contributed by atoms with Crippen molar-refractivity contribution in [2.45, 2.75) is 56.9 Å². The van der Waals surface area contributed by atoms with Gasteiger partial charge in [-0.25, -0.2) is 13.1 Å². The van der Waals surface area contributed by atoms with Crippen LogP contribution in [-0.2, 0) is 14.8 Å². The van der Waals surface area contributed by atoms with Crippen LogP contribution in [0.5, 0.6) is 0 Å². The van der Waals surface area contributed by atoms with Crippen molar-refractivity contribution < 1.29 is 13.2 Å². The van der Waals surface area contributed by atoms with E-state index in [0.29, 0.717) is 19.2 Å². The molecule has 6 heteroatoms. The zero-order chi connectivity index (χ0) is 12.9. The van der Waals surface area contributed by atoms with Gasteiger partial charge in [-0.3, -0.25) is 0 Å². The summed E-state index contributed by atoms with van der Waals surface area (Å²) in [6, 6.07) is 0.314. The maximum Gasteiger partial charge on any atom is 0.214 e. The summed E-state index contributed by atoms with van der Waals surface area (Å²) in [4.78, 5) is 0. The molecule has 102 valence electrons. The van der Waals surface area contributed by atoms with Gasteiger partial charge in [0.05, 0.1) is 18.0 Å². The Balaban J connectivity index is 2.12. The van der Waals surface area contributed by atoms with E-state index in [4.69, 9.17) is 10.5 Å². The van der Waals surface area contributed by atoms with E-state index < -0.39 is 15.3 Å². The summed E-state index contributed by atoms with van der Waals surface area (Å²) >= 11 is 0. The topological polar surface area (TPSA) is 81.4 Å². The molecule has 0 aromatic heterocycles. The first-order valence-corrected chi connectivity index (χ1v) is 7.82. The maximum absolute atomic E-state index is 11.4. The molecule has 0 unspecified atom stereocenters. The Kier molecular flexibility index (Phi) is 5.85. The number of hydrogen-bond acceptors (Lipinski definition) is 4. The van der Waals surface area contributed by atoms with Gasteiger partial charge in [-0.1, -0.05) is 0 Å². The molecule has 0 bridgehead atoms. The molecule has 0 spiro atoms. The van der Waals surface area contributed by atoms with E-state index in [2.05, 4.69) is 4.72 Å². The number of hydrogen-bond donors (Lipinski definition) is 2. The van der Waals surface area contributed by atoms with Crippen molar-refractivity contribution in [1.82, 2.24) is 4.72 Å². The van der Waals surface area contributed by atoms with Crippen LogP contribution < -0.4 is 10.5 Å². The van der Waals surface area contributed by atoms with Gasteiger partial charge in [0.25, 0.3) is 0 Å². The minimum atomic E-state index is -3.16. The van der Waals surface area contributed by atoms with Gasteiger partial charge in [0.2, 0.25) is 10.0 Å². The van der Waals surface area contributed by atoms with E-state index in [1.807, 2.05) is 0 Å². The van der Waals surface area contributed by atoms with Gasteiger partial charge < -0.3 is 10.5 Å². The summed E-state index contributed by atoms with van der Waals surface area (Å²) in [6.45, 7) is 4.10. The number of sulfonamides is 1. The molecule has 17 heavy (non-hydrogen) atoms. The van der Waals surface area contributed by atoms with Crippen molar-refractivity contribution >= 4 is 10.0 Å². The fourth-order valence-corrected chi connectivity index (χ4v) is 2.53. The molecule has 0 heterocycles. The zero-order valence-corrected chi connectivity index (χ0v) is 11.5. The highest BCUT2D eigenvalue weighted by Crippen LogP contribution is 2.19. The lowest BCUT2D eigenvalue weighted by molar-refractivity contribution is 0.0287. The lowest BCUT2D eigenvalue weighted by Gasteiger charge is -2.26. The predicted molar refractivity (Wildman–Crippen MR) is 68.2 cm³/mol. The highest BCUT2D eigenvalue weighted by Gasteiger charge is 2.19. The third kappa shape index (κ3) is 5.33. The molecule has 0 atom stereocenters. The summed E-state index contributed by atoms with van der Waals surface area (Å²) < 4.78 is 31.0. The molecule has 3 N–H and O–H groups in total. The first-order valence-electron chi connectivity index (χ1n) is 6.27. The Labute approximate surface area is 104 Å². The van der Waals surface area contributed by atoms with E-state index in [1.54, 1.807) is 13.8 Å². The fourth-order valence-electron chi connectivity index (χ4n) is 1.83. The fraction of sp³-hybridized carbons (Fsp3) is 1.00. The van der Waals surface area contributed by atoms with Gasteiger partial charge in [0.1, 0.15) is 0 Å². The summed E-state index contributed by atoms with van der Waals surface area (Å²) in [5.41, 5.74) is 5.79. The number of nitrogens with one attached hydrogen (secondary N) is 1. The SMILES string of the molecule is CC(C)S(=O)(=O)NCCOC1CCC(N)CC1. The largest absolute Gasteiger partial charge is 0.377 e. The first kappa shape index (κ1) is 14.9. The minimum absolute atomic E-state index is 0.248. The third-order valence-electron chi connectivity index (χ3n) is 3.10. The van der Waals surface area contributed by atoms with Gasteiger partial charge in [0, 0.05) is 12.6 Å². The monoisotopic (exact) mass is 264 g/mol. The van der Waals surface area contributed by atoms with Crippen LogP contribution in [0.3, 0.4) is 0 Å². The molecule has 0 aromatic carbocycles. The molecule has 1 aliphatic rings. The normalized spacial score (nSPS) is 26.4. The number of rotatable bonds is 6. The lowest BCUT2D eigenvalue weighted by Crippen LogP contribution is -2.35. The molecule has 0 amide bonds. The highest BCUT2D eigenvalue weighted by molar-refractivity contribution is 7.90. The third-order valence-corrected chi connectivity index (χ3v) is 4.95. The molecule has 0 aromatic rings. The quantitative estimate of drug-likeness (QED) is 0.688. The Morgan fingerprint density at radius 1 is 1.29 bits per heavy atom. The Morgan fingerprint density at radius 2 is 1.88 bits per heavy atom. The van der Waals surface area contributed by atoms with Crippen molar-refractivity contribution in [3.8, 4) is 0 Å². The van der Waals surface area contributed by atoms with Gasteiger partial charge in [-0.05, 0) is 39.5 Å². The molecular weight excluding hydrogens is 240 g/mol. The second kappa shape index (κ2) is 6.68. The molecule has 1 aliphatic carbocycles. The Bertz CT molecular complexity index is 309. The smallest absolute Gasteiger partial charge is 0.214 e. The van der Waals surface area contributed by atoms with Crippen molar-refractivity contribution in [2.75, 3.05) is 13.2 Å². The van der Waals surface area contributed by atoms with Crippen LogP contribution in [0.1, 0.15) is 39.5 Å². The summed E-state index contributed by atoms with van der Waals surface area (Å²) in [6.07, 6.45) is 4.22. The van der Waals surface area contributed by atoms with Crippen LogP contribution >= 0.6 is 0 Å². The standard InChI is InChI=1S/C11H24N2O3S/c1-9(2)17(14,15)13-7-8-16-11-5-3-10(12)4-6-11/h9-11,13H,3-8,12H2,1-2H3. The summed E-state index contributed by atoms with van der Waals surface area (Å²) in [5, 5.41) is -0.393. The van der Waals surface area contributed by atoms with E-state index in [1.165, 1.54) is 0 Å². The molecule has 1 saturated carbocycles. The minimum Gasteiger partial charge on any atom is -0.377 e. The summed E-state index contributed by atoms with van der Waals surface area (Å²) in [7, 11) is -3.16. The molecule has 5 nitrogen and oxygen atoms in total. The van der Waals surface area contributed by atoms with Crippen LogP contribution in [0.2, 0.25) is 0 Å². The second-order valence-corrected chi connectivity index (χ2v) is 7.22. The predicted octanol–water partition coefficient (Wildman–Crippen LogP) is 0.601. The van der Waals surface area contributed by atoms with Crippen LogP contribution in [0, 0.1) is 0 Å². The van der Waals surface area contributed by atoms with E-state index in [9.17, 15) is 8.42 Å². The van der Waals surface area contributed by atoms with Crippen LogP contribution in [0.4, 0.5) is 0 Å². The molecule has 1 fully saturated rings. The molecule has 0 radical (unpaired) electrons. The number of ether oxygens (including phenoxy) is 1. The summed E-state index contributed by atoms with van der Waals surface area (Å²) in [5.74, 6) is 0. The Hall–Kier alpha value is -0.170. The van der Waals surface area contributed by atoms with Crippen molar-refractivity contribution in [2.24, 2.45) is 5.73 Å². The lowest BCUT2D eigenvalue weighted by atomic mass is 9.94. The van der Waals surface area contributed by atoms with Crippen LogP contribution in [0.25, 0.3) is 0 Å².